The summed E-state index contributed by atoms with van der Waals surface area (Å²) in [6.07, 6.45) is 8.14. The van der Waals surface area contributed by atoms with E-state index < -0.39 is 11.4 Å². The number of benzene rings is 1. The van der Waals surface area contributed by atoms with Crippen LogP contribution in [-0.2, 0) is 4.79 Å². The summed E-state index contributed by atoms with van der Waals surface area (Å²) in [5.41, 5.74) is 2.26. The highest BCUT2D eigenvalue weighted by Gasteiger charge is 2.21. The third-order valence-electron chi connectivity index (χ3n) is 5.93. The number of carbonyl (C=O) groups is 1. The predicted molar refractivity (Wildman–Crippen MR) is 139 cm³/mol. The first kappa shape index (κ1) is 25.1. The molecule has 2 heterocycles. The van der Waals surface area contributed by atoms with Gasteiger partial charge in [0.2, 0.25) is 0 Å². The number of likely N-dealkylation sites (tertiary alicyclic amines) is 1. The van der Waals surface area contributed by atoms with E-state index in [1.165, 1.54) is 25.0 Å². The summed E-state index contributed by atoms with van der Waals surface area (Å²) in [5, 5.41) is 14.4. The predicted octanol–water partition coefficient (Wildman–Crippen LogP) is 4.74. The number of nitrogens with one attached hydrogen (secondary N) is 1. The van der Waals surface area contributed by atoms with Crippen LogP contribution in [0, 0.1) is 11.3 Å². The highest BCUT2D eigenvalue weighted by atomic mass is 16.3. The monoisotopic (exact) mass is 457 g/mol. The minimum atomic E-state index is -0.433. The Morgan fingerprint density at radius 3 is 2.47 bits per heavy atom. The number of furan rings is 1. The van der Waals surface area contributed by atoms with E-state index >= 15 is 0 Å². The molecule has 1 amide bonds. The number of hydrogen-bond acceptors (Lipinski definition) is 4. The number of amides is 1. The van der Waals surface area contributed by atoms with Gasteiger partial charge >= 0.3 is 0 Å². The highest BCUT2D eigenvalue weighted by molar-refractivity contribution is 6.04. The molecule has 1 fully saturated rings. The summed E-state index contributed by atoms with van der Waals surface area (Å²) >= 11 is 0. The highest BCUT2D eigenvalue weighted by Crippen LogP contribution is 2.27. The molecule has 5 nitrogen and oxygen atoms in total. The largest absolute Gasteiger partial charge is 0.456 e. The summed E-state index contributed by atoms with van der Waals surface area (Å²) < 4.78 is 6.04. The van der Waals surface area contributed by atoms with Crippen LogP contribution in [0.25, 0.3) is 29.6 Å². The molecule has 2 aromatic rings. The van der Waals surface area contributed by atoms with Crippen molar-refractivity contribution >= 4 is 24.1 Å². The van der Waals surface area contributed by atoms with Crippen LogP contribution in [0.3, 0.4) is 0 Å². The average molecular weight is 458 g/mol. The van der Waals surface area contributed by atoms with Crippen molar-refractivity contribution in [3.8, 4) is 17.4 Å². The molecule has 1 aromatic heterocycles. The van der Waals surface area contributed by atoms with E-state index in [-0.39, 0.29) is 5.57 Å². The van der Waals surface area contributed by atoms with E-state index in [0.29, 0.717) is 17.1 Å². The summed E-state index contributed by atoms with van der Waals surface area (Å²) in [6.45, 7) is 15.9. The van der Waals surface area contributed by atoms with Gasteiger partial charge in [-0.25, -0.2) is 0 Å². The number of rotatable bonds is 5. The zero-order valence-corrected chi connectivity index (χ0v) is 21.0. The number of hydrogen-bond donors (Lipinski definition) is 1. The SMILES string of the molecule is C=c1cc(-c2ccc(/C(C)=C(\C#N)C(=O)NC(C)(C)C)o2)cc/c1=C/C(=C\C)N1CCCCC1. The Kier molecular flexibility index (Phi) is 7.83. The third kappa shape index (κ3) is 6.08. The first-order chi connectivity index (χ1) is 16.1. The number of piperidine rings is 1. The zero-order valence-electron chi connectivity index (χ0n) is 21.0. The zero-order chi connectivity index (χ0) is 24.9. The van der Waals surface area contributed by atoms with Crippen LogP contribution in [0.15, 0.2) is 52.1 Å². The first-order valence-electron chi connectivity index (χ1n) is 11.9. The Balaban J connectivity index is 1.88. The van der Waals surface area contributed by atoms with E-state index in [4.69, 9.17) is 4.42 Å². The van der Waals surface area contributed by atoms with Crippen molar-refractivity contribution in [3.63, 3.8) is 0 Å². The lowest BCUT2D eigenvalue weighted by Crippen LogP contribution is -2.41. The fourth-order valence-corrected chi connectivity index (χ4v) is 4.09. The van der Waals surface area contributed by atoms with Gasteiger partial charge in [-0.15, -0.1) is 0 Å². The molecule has 0 atom stereocenters. The topological polar surface area (TPSA) is 69.3 Å². The maximum atomic E-state index is 12.5. The molecule has 1 aliphatic heterocycles. The fraction of sp³-hybridized carbons (Fsp3) is 0.379. The van der Waals surface area contributed by atoms with Crippen LogP contribution in [0.1, 0.15) is 59.6 Å². The second kappa shape index (κ2) is 10.6. The number of carbonyl (C=O) groups excluding carboxylic acids is 1. The van der Waals surface area contributed by atoms with Crippen LogP contribution in [-0.4, -0.2) is 29.4 Å². The summed E-state index contributed by atoms with van der Waals surface area (Å²) in [5.74, 6) is 0.763. The second-order valence-corrected chi connectivity index (χ2v) is 9.80. The molecule has 1 saturated heterocycles. The minimum absolute atomic E-state index is 0.0511. The van der Waals surface area contributed by atoms with Crippen molar-refractivity contribution in [2.45, 2.75) is 59.4 Å². The Labute approximate surface area is 202 Å². The van der Waals surface area contributed by atoms with Gasteiger partial charge in [0.15, 0.2) is 0 Å². The van der Waals surface area contributed by atoms with Crippen molar-refractivity contribution < 1.29 is 9.21 Å². The standard InChI is InChI=1S/C29H35N3O2/c1-7-24(32-15-9-8-10-16-32)18-22-11-12-23(17-20(22)2)27-14-13-26(34-27)21(3)25(19-30)28(33)31-29(4,5)6/h7,11-14,17-18H,2,8-10,15-16H2,1,3-6H3,(H,31,33)/b22-18-,24-7+,25-21+. The lowest BCUT2D eigenvalue weighted by atomic mass is 10.0. The van der Waals surface area contributed by atoms with Gasteiger partial charge in [0, 0.05) is 35.5 Å². The molecule has 34 heavy (non-hydrogen) atoms. The molecule has 0 aliphatic carbocycles. The Morgan fingerprint density at radius 2 is 1.88 bits per heavy atom. The van der Waals surface area contributed by atoms with E-state index in [2.05, 4.69) is 41.9 Å². The number of nitrogens with zero attached hydrogens (tertiary/aromatic N) is 2. The third-order valence-corrected chi connectivity index (χ3v) is 5.93. The van der Waals surface area contributed by atoms with Gasteiger partial charge in [-0.1, -0.05) is 24.8 Å². The van der Waals surface area contributed by atoms with Gasteiger partial charge in [-0.05, 0) is 88.6 Å². The molecule has 1 aromatic carbocycles. The lowest BCUT2D eigenvalue weighted by Gasteiger charge is -2.29. The van der Waals surface area contributed by atoms with Gasteiger partial charge in [0.05, 0.1) is 0 Å². The molecule has 0 bridgehead atoms. The first-order valence-corrected chi connectivity index (χ1v) is 11.9. The molecule has 178 valence electrons. The molecule has 0 saturated carbocycles. The number of nitriles is 1. The van der Waals surface area contributed by atoms with E-state index in [0.717, 1.165) is 29.1 Å². The normalized spacial score (nSPS) is 16.2. The van der Waals surface area contributed by atoms with Crippen LogP contribution < -0.4 is 15.8 Å². The average Bonchev–Trinajstić information content (AvgIpc) is 3.28. The van der Waals surface area contributed by atoms with Crippen molar-refractivity contribution in [1.82, 2.24) is 10.2 Å². The van der Waals surface area contributed by atoms with E-state index in [9.17, 15) is 10.1 Å². The van der Waals surface area contributed by atoms with Crippen molar-refractivity contribution in [2.24, 2.45) is 0 Å². The molecule has 3 rings (SSSR count). The molecule has 0 radical (unpaired) electrons. The summed E-state index contributed by atoms with van der Waals surface area (Å²) in [7, 11) is 0. The van der Waals surface area contributed by atoms with Gasteiger partial charge < -0.3 is 14.6 Å². The van der Waals surface area contributed by atoms with Crippen molar-refractivity contribution in [3.05, 3.63) is 63.9 Å². The number of allylic oxidation sites excluding steroid dienone is 3. The smallest absolute Gasteiger partial charge is 0.262 e. The van der Waals surface area contributed by atoms with Crippen LogP contribution in [0.4, 0.5) is 0 Å². The van der Waals surface area contributed by atoms with Crippen LogP contribution >= 0.6 is 0 Å². The molecule has 1 N–H and O–H groups in total. The molecule has 1 aliphatic rings. The minimum Gasteiger partial charge on any atom is -0.456 e. The molecular weight excluding hydrogens is 422 g/mol. The van der Waals surface area contributed by atoms with Crippen molar-refractivity contribution in [1.29, 1.82) is 5.26 Å². The molecule has 0 unspecified atom stereocenters. The van der Waals surface area contributed by atoms with Gasteiger partial charge in [-0.2, -0.15) is 5.26 Å². The van der Waals surface area contributed by atoms with Crippen LogP contribution in [0.5, 0.6) is 0 Å². The summed E-state index contributed by atoms with van der Waals surface area (Å²) in [6, 6.07) is 11.8. The Morgan fingerprint density at radius 1 is 1.18 bits per heavy atom. The molecule has 0 spiro atoms. The quantitative estimate of drug-likeness (QED) is 0.520. The second-order valence-electron chi connectivity index (χ2n) is 9.80. The Hall–Kier alpha value is -3.52. The van der Waals surface area contributed by atoms with Crippen molar-refractivity contribution in [2.75, 3.05) is 13.1 Å². The van der Waals surface area contributed by atoms with Crippen LogP contribution in [0.2, 0.25) is 0 Å². The maximum absolute atomic E-state index is 12.5. The Bertz CT molecular complexity index is 1260. The summed E-state index contributed by atoms with van der Waals surface area (Å²) in [4.78, 5) is 15.0. The maximum Gasteiger partial charge on any atom is 0.262 e. The lowest BCUT2D eigenvalue weighted by molar-refractivity contribution is -0.118. The fourth-order valence-electron chi connectivity index (χ4n) is 4.09. The molecule has 5 heteroatoms. The van der Waals surface area contributed by atoms with E-state index in [1.54, 1.807) is 13.0 Å². The van der Waals surface area contributed by atoms with Gasteiger partial charge in [0.1, 0.15) is 23.2 Å². The van der Waals surface area contributed by atoms with E-state index in [1.807, 2.05) is 45.0 Å². The van der Waals surface area contributed by atoms with Gasteiger partial charge in [-0.3, -0.25) is 4.79 Å². The van der Waals surface area contributed by atoms with Gasteiger partial charge in [0.25, 0.3) is 5.91 Å². The molecular formula is C29H35N3O2.